The predicted molar refractivity (Wildman–Crippen MR) is 93.2 cm³/mol. The van der Waals surface area contributed by atoms with Crippen molar-refractivity contribution in [3.05, 3.63) is 72.0 Å². The van der Waals surface area contributed by atoms with Crippen LogP contribution >= 0.6 is 0 Å². The third-order valence-electron chi connectivity index (χ3n) is 3.90. The number of amidine groups is 2. The lowest BCUT2D eigenvalue weighted by Crippen LogP contribution is -2.26. The van der Waals surface area contributed by atoms with Crippen LogP contribution < -0.4 is 0 Å². The van der Waals surface area contributed by atoms with Crippen molar-refractivity contribution in [3.8, 4) is 0 Å². The van der Waals surface area contributed by atoms with E-state index >= 15 is 0 Å². The van der Waals surface area contributed by atoms with Crippen LogP contribution in [0.5, 0.6) is 0 Å². The highest BCUT2D eigenvalue weighted by Crippen LogP contribution is 2.24. The molecule has 3 rings (SSSR count). The van der Waals surface area contributed by atoms with Gasteiger partial charge in [-0.05, 0) is 29.2 Å². The van der Waals surface area contributed by atoms with E-state index in [0.717, 1.165) is 17.0 Å². The fraction of sp³-hybridized carbons (Fsp3) is 0.211. The third kappa shape index (κ3) is 3.06. The zero-order chi connectivity index (χ0) is 16.4. The zero-order valence-electron chi connectivity index (χ0n) is 13.4. The van der Waals surface area contributed by atoms with E-state index in [0.29, 0.717) is 18.3 Å². The minimum absolute atomic E-state index is 0.384. The number of benzene rings is 1. The van der Waals surface area contributed by atoms with E-state index in [1.165, 1.54) is 11.6 Å². The molecular weight excluding hydrogens is 286 g/mol. The minimum Gasteiger partial charge on any atom is -0.328 e. The Labute approximate surface area is 136 Å². The van der Waals surface area contributed by atoms with E-state index in [2.05, 4.69) is 47.6 Å². The molecule has 0 aromatic heterocycles. The Morgan fingerprint density at radius 1 is 1.35 bits per heavy atom. The number of rotatable bonds is 2. The molecule has 0 unspecified atom stereocenters. The average molecular weight is 305 g/mol. The highest BCUT2D eigenvalue weighted by atomic mass is 16.1. The first-order chi connectivity index (χ1) is 11.1. The maximum atomic E-state index is 11.7. The lowest BCUT2D eigenvalue weighted by atomic mass is 10.0. The maximum Gasteiger partial charge on any atom is 0.271 e. The molecule has 4 heteroatoms. The molecular formula is C19H19N3O. The van der Waals surface area contributed by atoms with Crippen molar-refractivity contribution in [2.45, 2.75) is 20.4 Å². The van der Waals surface area contributed by atoms with Gasteiger partial charge in [0, 0.05) is 18.3 Å². The number of carbonyl (C=O) groups is 1. The van der Waals surface area contributed by atoms with Crippen molar-refractivity contribution >= 4 is 17.6 Å². The first kappa shape index (κ1) is 15.2. The van der Waals surface area contributed by atoms with Crippen molar-refractivity contribution in [3.63, 3.8) is 0 Å². The number of hydrogen-bond donors (Lipinski definition) is 0. The number of allylic oxidation sites excluding steroid dienone is 2. The van der Waals surface area contributed by atoms with E-state index in [4.69, 9.17) is 0 Å². The summed E-state index contributed by atoms with van der Waals surface area (Å²) in [6, 6.07) is 7.92. The van der Waals surface area contributed by atoms with E-state index in [1.54, 1.807) is 0 Å². The summed E-state index contributed by atoms with van der Waals surface area (Å²) in [5.41, 5.74) is 3.23. The Kier molecular flexibility index (Phi) is 4.06. The van der Waals surface area contributed by atoms with Gasteiger partial charge in [-0.25, -0.2) is 4.99 Å². The molecule has 0 atom stereocenters. The van der Waals surface area contributed by atoms with Crippen molar-refractivity contribution in [2.75, 3.05) is 0 Å². The highest BCUT2D eigenvalue weighted by molar-refractivity contribution is 6.15. The van der Waals surface area contributed by atoms with Gasteiger partial charge in [0.25, 0.3) is 5.91 Å². The van der Waals surface area contributed by atoms with E-state index < -0.39 is 0 Å². The molecule has 116 valence electrons. The molecule has 2 aliphatic heterocycles. The van der Waals surface area contributed by atoms with Gasteiger partial charge in [0.15, 0.2) is 5.84 Å². The maximum absolute atomic E-state index is 11.7. The Balaban J connectivity index is 2.12. The molecule has 0 saturated carbocycles. The van der Waals surface area contributed by atoms with Crippen LogP contribution in [-0.4, -0.2) is 22.5 Å². The van der Waals surface area contributed by atoms with Gasteiger partial charge in [0.1, 0.15) is 5.84 Å². The summed E-state index contributed by atoms with van der Waals surface area (Å²) in [6.07, 6.45) is 7.38. The van der Waals surface area contributed by atoms with Gasteiger partial charge in [0.05, 0.1) is 0 Å². The van der Waals surface area contributed by atoms with E-state index in [1.807, 2.05) is 30.3 Å². The lowest BCUT2D eigenvalue weighted by Gasteiger charge is -2.24. The summed E-state index contributed by atoms with van der Waals surface area (Å²) in [6.45, 7) is 8.52. The standard InChI is InChI=1S/C19H19N3O/c1-4-18(23)21-19-16-8-6-5-7-15(16)12-22-11-14(13(2)3)9-10-17(22)20-19/h4-11,13H,1,12H2,2-3H3. The van der Waals surface area contributed by atoms with Crippen LogP contribution in [0.15, 0.2) is 70.8 Å². The molecule has 1 aromatic rings. The molecule has 0 saturated heterocycles. The van der Waals surface area contributed by atoms with E-state index in [9.17, 15) is 4.79 Å². The van der Waals surface area contributed by atoms with Crippen molar-refractivity contribution < 1.29 is 4.79 Å². The molecule has 1 amide bonds. The largest absolute Gasteiger partial charge is 0.328 e. The topological polar surface area (TPSA) is 45.0 Å². The van der Waals surface area contributed by atoms with Crippen LogP contribution in [0, 0.1) is 5.92 Å². The molecule has 4 nitrogen and oxygen atoms in total. The fourth-order valence-electron chi connectivity index (χ4n) is 2.59. The molecule has 23 heavy (non-hydrogen) atoms. The van der Waals surface area contributed by atoms with Crippen LogP contribution in [0.4, 0.5) is 0 Å². The molecule has 0 bridgehead atoms. The summed E-state index contributed by atoms with van der Waals surface area (Å²) in [4.78, 5) is 22.5. The summed E-state index contributed by atoms with van der Waals surface area (Å²) < 4.78 is 0. The first-order valence-corrected chi connectivity index (χ1v) is 7.67. The molecule has 0 N–H and O–H groups in total. The van der Waals surface area contributed by atoms with E-state index in [-0.39, 0.29) is 5.91 Å². The third-order valence-corrected chi connectivity index (χ3v) is 3.90. The molecule has 1 aromatic carbocycles. The van der Waals surface area contributed by atoms with Crippen LogP contribution in [0.3, 0.4) is 0 Å². The second-order valence-corrected chi connectivity index (χ2v) is 5.85. The summed E-state index contributed by atoms with van der Waals surface area (Å²) in [5, 5.41) is 0. The summed E-state index contributed by atoms with van der Waals surface area (Å²) >= 11 is 0. The van der Waals surface area contributed by atoms with Gasteiger partial charge in [-0.3, -0.25) is 4.79 Å². The average Bonchev–Trinajstić information content (AvgIpc) is 2.70. The van der Waals surface area contributed by atoms with Gasteiger partial charge in [-0.2, -0.15) is 4.99 Å². The molecule has 0 spiro atoms. The number of nitrogens with zero attached hydrogens (tertiary/aromatic N) is 3. The number of carbonyl (C=O) groups excluding carboxylic acids is 1. The van der Waals surface area contributed by atoms with Gasteiger partial charge in [0.2, 0.25) is 0 Å². The highest BCUT2D eigenvalue weighted by Gasteiger charge is 2.22. The lowest BCUT2D eigenvalue weighted by molar-refractivity contribution is -0.113. The van der Waals surface area contributed by atoms with Crippen LogP contribution in [0.25, 0.3) is 0 Å². The monoisotopic (exact) mass is 305 g/mol. The summed E-state index contributed by atoms with van der Waals surface area (Å²) in [5.74, 6) is 1.29. The Hall–Kier alpha value is -2.75. The van der Waals surface area contributed by atoms with Crippen molar-refractivity contribution in [1.29, 1.82) is 0 Å². The Morgan fingerprint density at radius 3 is 2.87 bits per heavy atom. The second kappa shape index (κ2) is 6.16. The van der Waals surface area contributed by atoms with Crippen molar-refractivity contribution in [1.82, 2.24) is 4.90 Å². The zero-order valence-corrected chi connectivity index (χ0v) is 13.4. The molecule has 2 heterocycles. The molecule has 0 fully saturated rings. The minimum atomic E-state index is -0.384. The van der Waals surface area contributed by atoms with Gasteiger partial charge >= 0.3 is 0 Å². The SMILES string of the molecule is C=CC(=O)N=C1N=C2C=CC(C(C)C)=CN2Cc2ccccc21. The Morgan fingerprint density at radius 2 is 2.13 bits per heavy atom. The normalized spacial score (nSPS) is 18.0. The fourth-order valence-corrected chi connectivity index (χ4v) is 2.59. The number of hydrogen-bond acceptors (Lipinski definition) is 2. The molecule has 2 aliphatic rings. The van der Waals surface area contributed by atoms with Crippen LogP contribution in [-0.2, 0) is 11.3 Å². The molecule has 0 aliphatic carbocycles. The van der Waals surface area contributed by atoms with Gasteiger partial charge in [-0.1, -0.05) is 50.8 Å². The predicted octanol–water partition coefficient (Wildman–Crippen LogP) is 3.47. The Bertz CT molecular complexity index is 782. The number of aliphatic imine (C=N–C) groups is 2. The second-order valence-electron chi connectivity index (χ2n) is 5.85. The smallest absolute Gasteiger partial charge is 0.271 e. The summed E-state index contributed by atoms with van der Waals surface area (Å²) in [7, 11) is 0. The number of fused-ring (bicyclic) bond motifs is 2. The quantitative estimate of drug-likeness (QED) is 0.785. The van der Waals surface area contributed by atoms with Crippen molar-refractivity contribution in [2.24, 2.45) is 15.9 Å². The molecule has 0 radical (unpaired) electrons. The van der Waals surface area contributed by atoms with Gasteiger partial charge < -0.3 is 4.90 Å². The van der Waals surface area contributed by atoms with Crippen LogP contribution in [0.1, 0.15) is 25.0 Å². The van der Waals surface area contributed by atoms with Gasteiger partial charge in [-0.15, -0.1) is 0 Å². The first-order valence-electron chi connectivity index (χ1n) is 7.67. The number of amides is 1. The van der Waals surface area contributed by atoms with Crippen LogP contribution in [0.2, 0.25) is 0 Å².